The molecule has 17 heavy (non-hydrogen) atoms. The van der Waals surface area contributed by atoms with Gasteiger partial charge in [-0.15, -0.1) is 0 Å². The number of likely N-dealkylation sites (tertiary alicyclic amines) is 1. The highest BCUT2D eigenvalue weighted by Crippen LogP contribution is 2.17. The van der Waals surface area contributed by atoms with Crippen LogP contribution < -0.4 is 5.73 Å². The molecule has 1 heterocycles. The molecule has 100 valence electrons. The van der Waals surface area contributed by atoms with Crippen LogP contribution in [0.15, 0.2) is 0 Å². The molecule has 5 nitrogen and oxygen atoms in total. The lowest BCUT2D eigenvalue weighted by Crippen LogP contribution is -2.44. The molecular weight excluding hydrogens is 218 g/mol. The van der Waals surface area contributed by atoms with Crippen molar-refractivity contribution in [2.75, 3.05) is 26.7 Å². The molecule has 0 aromatic carbocycles. The Balaban J connectivity index is 2.57. The lowest BCUT2D eigenvalue weighted by atomic mass is 10.1. The molecular formula is C12H25N3O2. The zero-order valence-electron chi connectivity index (χ0n) is 11.6. The second-order valence-corrected chi connectivity index (χ2v) is 5.69. The van der Waals surface area contributed by atoms with E-state index in [4.69, 9.17) is 10.5 Å². The van der Waals surface area contributed by atoms with Gasteiger partial charge in [0.1, 0.15) is 5.60 Å². The van der Waals surface area contributed by atoms with E-state index in [-0.39, 0.29) is 18.2 Å². The maximum Gasteiger partial charge on any atom is 0.410 e. The minimum absolute atomic E-state index is 0.00692. The van der Waals surface area contributed by atoms with Gasteiger partial charge in [-0.1, -0.05) is 6.92 Å². The molecule has 0 unspecified atom stereocenters. The van der Waals surface area contributed by atoms with Gasteiger partial charge in [0.2, 0.25) is 0 Å². The number of amides is 1. The van der Waals surface area contributed by atoms with E-state index in [0.29, 0.717) is 13.1 Å². The van der Waals surface area contributed by atoms with Gasteiger partial charge in [-0.2, -0.15) is 0 Å². The summed E-state index contributed by atoms with van der Waals surface area (Å²) in [6.45, 7) is 9.86. The molecule has 1 saturated heterocycles. The van der Waals surface area contributed by atoms with E-state index in [2.05, 4.69) is 11.8 Å². The van der Waals surface area contributed by atoms with Crippen molar-refractivity contribution in [1.29, 1.82) is 0 Å². The van der Waals surface area contributed by atoms with Crippen molar-refractivity contribution >= 4 is 6.09 Å². The van der Waals surface area contributed by atoms with Gasteiger partial charge in [0.05, 0.1) is 0 Å². The molecule has 1 aliphatic rings. The normalized spacial score (nSPS) is 25.5. The Morgan fingerprint density at radius 3 is 2.53 bits per heavy atom. The smallest absolute Gasteiger partial charge is 0.410 e. The third kappa shape index (κ3) is 3.85. The lowest BCUT2D eigenvalue weighted by molar-refractivity contribution is 0.0282. The lowest BCUT2D eigenvalue weighted by Gasteiger charge is -2.26. The first-order chi connectivity index (χ1) is 7.74. The van der Waals surface area contributed by atoms with Crippen LogP contribution in [0.1, 0.15) is 27.7 Å². The maximum absolute atomic E-state index is 11.9. The predicted octanol–water partition coefficient (Wildman–Crippen LogP) is 0.885. The summed E-state index contributed by atoms with van der Waals surface area (Å²) in [6.07, 6.45) is -0.264. The molecule has 1 fully saturated rings. The Bertz CT molecular complexity index is 275. The molecule has 2 N–H and O–H groups in total. The third-order valence-electron chi connectivity index (χ3n) is 3.05. The number of rotatable bonds is 2. The van der Waals surface area contributed by atoms with Gasteiger partial charge in [0, 0.05) is 25.2 Å². The number of carbonyl (C=O) groups excluding carboxylic acids is 1. The molecule has 5 heteroatoms. The van der Waals surface area contributed by atoms with Gasteiger partial charge in [-0.25, -0.2) is 4.79 Å². The number of hydrogen-bond donors (Lipinski definition) is 1. The van der Waals surface area contributed by atoms with E-state index in [0.717, 1.165) is 6.54 Å². The first kappa shape index (κ1) is 14.3. The van der Waals surface area contributed by atoms with Crippen LogP contribution in [-0.2, 0) is 4.74 Å². The van der Waals surface area contributed by atoms with Crippen LogP contribution in [0.25, 0.3) is 0 Å². The monoisotopic (exact) mass is 243 g/mol. The van der Waals surface area contributed by atoms with Gasteiger partial charge in [0.15, 0.2) is 0 Å². The summed E-state index contributed by atoms with van der Waals surface area (Å²) in [6, 6.07) is 0.236. The van der Waals surface area contributed by atoms with E-state index < -0.39 is 5.60 Å². The van der Waals surface area contributed by atoms with Gasteiger partial charge in [-0.05, 0) is 34.4 Å². The molecule has 0 spiro atoms. The van der Waals surface area contributed by atoms with Crippen LogP contribution >= 0.6 is 0 Å². The summed E-state index contributed by atoms with van der Waals surface area (Å²) in [4.78, 5) is 15.8. The quantitative estimate of drug-likeness (QED) is 0.782. The molecule has 1 aliphatic heterocycles. The van der Waals surface area contributed by atoms with Crippen molar-refractivity contribution in [3.05, 3.63) is 0 Å². The van der Waals surface area contributed by atoms with E-state index in [1.807, 2.05) is 27.8 Å². The first-order valence-corrected chi connectivity index (χ1v) is 6.18. The number of ether oxygens (including phenoxy) is 1. The molecule has 0 aromatic heterocycles. The van der Waals surface area contributed by atoms with Crippen LogP contribution in [0.2, 0.25) is 0 Å². The number of nitrogens with two attached hydrogens (primary N) is 1. The van der Waals surface area contributed by atoms with Crippen LogP contribution in [0.5, 0.6) is 0 Å². The molecule has 0 aliphatic carbocycles. The Morgan fingerprint density at radius 2 is 2.06 bits per heavy atom. The highest BCUT2D eigenvalue weighted by atomic mass is 16.6. The topological polar surface area (TPSA) is 58.8 Å². The van der Waals surface area contributed by atoms with Crippen molar-refractivity contribution in [3.8, 4) is 0 Å². The van der Waals surface area contributed by atoms with Crippen molar-refractivity contribution in [2.45, 2.75) is 45.4 Å². The highest BCUT2D eigenvalue weighted by Gasteiger charge is 2.36. The van der Waals surface area contributed by atoms with Crippen molar-refractivity contribution < 1.29 is 9.53 Å². The zero-order chi connectivity index (χ0) is 13.2. The van der Waals surface area contributed by atoms with Gasteiger partial charge in [0.25, 0.3) is 0 Å². The molecule has 1 amide bonds. The fraction of sp³-hybridized carbons (Fsp3) is 0.917. The van der Waals surface area contributed by atoms with Crippen LogP contribution in [0.3, 0.4) is 0 Å². The Kier molecular flexibility index (Phi) is 4.38. The second-order valence-electron chi connectivity index (χ2n) is 5.69. The SMILES string of the molecule is CCN(C)[C@H]1CN(C(=O)OC(C)(C)C)C[C@H]1N. The molecule has 0 radical (unpaired) electrons. The van der Waals surface area contributed by atoms with E-state index in [1.54, 1.807) is 4.90 Å². The zero-order valence-corrected chi connectivity index (χ0v) is 11.6. The molecule has 0 bridgehead atoms. The van der Waals surface area contributed by atoms with Gasteiger partial charge >= 0.3 is 6.09 Å². The van der Waals surface area contributed by atoms with Crippen molar-refractivity contribution in [3.63, 3.8) is 0 Å². The standard InChI is InChI=1S/C12H25N3O2/c1-6-14(5)10-8-15(7-9(10)13)11(16)17-12(2,3)4/h9-10H,6-8,13H2,1-5H3/t9-,10+/m1/s1. The fourth-order valence-electron chi connectivity index (χ4n) is 1.99. The summed E-state index contributed by atoms with van der Waals surface area (Å²) in [5, 5.41) is 0. The largest absolute Gasteiger partial charge is 0.444 e. The van der Waals surface area contributed by atoms with E-state index in [1.165, 1.54) is 0 Å². The summed E-state index contributed by atoms with van der Waals surface area (Å²) >= 11 is 0. The third-order valence-corrected chi connectivity index (χ3v) is 3.05. The molecule has 0 saturated carbocycles. The summed E-state index contributed by atoms with van der Waals surface area (Å²) in [5.41, 5.74) is 5.61. The Hall–Kier alpha value is -0.810. The van der Waals surface area contributed by atoms with Crippen molar-refractivity contribution in [1.82, 2.24) is 9.80 Å². The molecule has 1 rings (SSSR count). The number of carbonyl (C=O) groups is 1. The summed E-state index contributed by atoms with van der Waals surface area (Å²) in [7, 11) is 2.03. The Labute approximate surface area is 104 Å². The molecule has 2 atom stereocenters. The van der Waals surface area contributed by atoms with Gasteiger partial charge < -0.3 is 20.3 Å². The van der Waals surface area contributed by atoms with Crippen LogP contribution in [0.4, 0.5) is 4.79 Å². The Morgan fingerprint density at radius 1 is 1.47 bits per heavy atom. The number of hydrogen-bond acceptors (Lipinski definition) is 4. The van der Waals surface area contributed by atoms with Crippen molar-refractivity contribution in [2.24, 2.45) is 5.73 Å². The predicted molar refractivity (Wildman–Crippen MR) is 67.9 cm³/mol. The van der Waals surface area contributed by atoms with Crippen LogP contribution in [-0.4, -0.2) is 60.3 Å². The van der Waals surface area contributed by atoms with E-state index in [9.17, 15) is 4.79 Å². The number of nitrogens with zero attached hydrogens (tertiary/aromatic N) is 2. The number of likely N-dealkylation sites (N-methyl/N-ethyl adjacent to an activating group) is 1. The van der Waals surface area contributed by atoms with E-state index >= 15 is 0 Å². The minimum Gasteiger partial charge on any atom is -0.444 e. The summed E-state index contributed by atoms with van der Waals surface area (Å²) in [5.74, 6) is 0. The highest BCUT2D eigenvalue weighted by molar-refractivity contribution is 5.68. The average Bonchev–Trinajstić information content (AvgIpc) is 2.57. The minimum atomic E-state index is -0.448. The van der Waals surface area contributed by atoms with Crippen LogP contribution in [0, 0.1) is 0 Å². The summed E-state index contributed by atoms with van der Waals surface area (Å²) < 4.78 is 5.34. The fourth-order valence-corrected chi connectivity index (χ4v) is 1.99. The molecule has 0 aromatic rings. The second kappa shape index (κ2) is 5.23. The average molecular weight is 243 g/mol. The van der Waals surface area contributed by atoms with Gasteiger partial charge in [-0.3, -0.25) is 0 Å². The maximum atomic E-state index is 11.9. The first-order valence-electron chi connectivity index (χ1n) is 6.18.